The van der Waals surface area contributed by atoms with Crippen molar-refractivity contribution in [3.63, 3.8) is 0 Å². The van der Waals surface area contributed by atoms with Crippen molar-refractivity contribution in [2.24, 2.45) is 0 Å². The van der Waals surface area contributed by atoms with E-state index in [0.29, 0.717) is 0 Å². The first-order valence-corrected chi connectivity index (χ1v) is 10.1. The molecule has 0 saturated heterocycles. The van der Waals surface area contributed by atoms with Gasteiger partial charge in [-0.2, -0.15) is 0 Å². The fourth-order valence-corrected chi connectivity index (χ4v) is 2.89. The third-order valence-electron chi connectivity index (χ3n) is 4.41. The molecule has 0 aliphatic heterocycles. The smallest absolute Gasteiger partial charge is 0.00489 e. The first-order valence-electron chi connectivity index (χ1n) is 10.1. The molecule has 0 atom stereocenters. The molecule has 0 aliphatic carbocycles. The zero-order valence-electron chi connectivity index (χ0n) is 15.6. The molecule has 0 bridgehead atoms. The molecule has 0 saturated carbocycles. The molecule has 1 N–H and O–H groups in total. The Hall–Kier alpha value is -0.110. The fourth-order valence-electron chi connectivity index (χ4n) is 2.89. The second-order valence-corrected chi connectivity index (χ2v) is 6.70. The van der Waals surface area contributed by atoms with Gasteiger partial charge in [0.1, 0.15) is 0 Å². The van der Waals surface area contributed by atoms with E-state index in [1.807, 2.05) is 0 Å². The average Bonchev–Trinajstić information content (AvgIpc) is 2.50. The highest BCUT2D eigenvalue weighted by Gasteiger charge is 1.93. The number of unbranched alkanes of at least 4 members (excludes halogenated alkanes) is 14. The predicted molar refractivity (Wildman–Crippen MR) is 101 cm³/mol. The lowest BCUT2D eigenvalue weighted by Gasteiger charge is -2.05. The Morgan fingerprint density at radius 3 is 1.00 bits per heavy atom. The Bertz CT molecular complexity index is 155. The minimum Gasteiger partial charge on any atom is -0.317 e. The van der Waals surface area contributed by atoms with Gasteiger partial charge in [0.25, 0.3) is 0 Å². The summed E-state index contributed by atoms with van der Waals surface area (Å²) in [5, 5.41) is 3.61. The van der Waals surface area contributed by atoms with Crippen LogP contribution in [-0.4, -0.2) is 13.1 Å². The zero-order chi connectivity index (χ0) is 15.4. The van der Waals surface area contributed by atoms with E-state index in [9.17, 15) is 0 Å². The molecule has 0 rings (SSSR count). The molecule has 0 unspecified atom stereocenters. The van der Waals surface area contributed by atoms with Crippen LogP contribution < -0.4 is 5.32 Å². The second kappa shape index (κ2) is 23.2. The zero-order valence-corrected chi connectivity index (χ0v) is 15.6. The maximum Gasteiger partial charge on any atom is -0.00489 e. The molecule has 1 nitrogen and oxygen atoms in total. The van der Waals surface area contributed by atoms with Gasteiger partial charge in [0.05, 0.1) is 0 Å². The monoisotopic (exact) mass is 317 g/mol. The van der Waals surface area contributed by atoms with Crippen LogP contribution in [0.25, 0.3) is 0 Å². The van der Waals surface area contributed by atoms with Crippen LogP contribution in [-0.2, 0) is 0 Å². The van der Waals surface area contributed by atoms with Gasteiger partial charge in [0.2, 0.25) is 0 Å². The third kappa shape index (κ3) is 22.2. The van der Waals surface area contributed by atoms with Crippen molar-refractivity contribution < 1.29 is 4.70 Å². The summed E-state index contributed by atoms with van der Waals surface area (Å²) in [5.74, 6) is 0. The van der Waals surface area contributed by atoms with Crippen LogP contribution in [0, 0.1) is 0 Å². The largest absolute Gasteiger partial charge is 0.317 e. The molecule has 0 aromatic rings. The van der Waals surface area contributed by atoms with E-state index in [1.54, 1.807) is 0 Å². The van der Waals surface area contributed by atoms with Crippen molar-refractivity contribution in [3.8, 4) is 0 Å². The highest BCUT2D eigenvalue weighted by molar-refractivity contribution is 4.52. The molecule has 0 spiro atoms. The minimum absolute atomic E-state index is 0. The van der Waals surface area contributed by atoms with Gasteiger partial charge in [0, 0.05) is 0 Å². The molecule has 0 fully saturated rings. The highest BCUT2D eigenvalue weighted by Crippen LogP contribution is 2.09. The van der Waals surface area contributed by atoms with Crippen LogP contribution in [0.3, 0.4) is 0 Å². The summed E-state index contributed by atoms with van der Waals surface area (Å²) in [6, 6.07) is 0. The number of nitrogens with one attached hydrogen (secondary N) is 1. The normalized spacial score (nSPS) is 10.6. The minimum atomic E-state index is 0. The Balaban J connectivity index is 0. The quantitative estimate of drug-likeness (QED) is 0.268. The van der Waals surface area contributed by atoms with Crippen LogP contribution in [0.15, 0.2) is 0 Å². The molecule has 22 heavy (non-hydrogen) atoms. The van der Waals surface area contributed by atoms with E-state index in [-0.39, 0.29) is 4.70 Å². The molecule has 0 aliphatic rings. The summed E-state index contributed by atoms with van der Waals surface area (Å²) in [6.45, 7) is 7.06. The Labute approximate surface area is 140 Å². The fraction of sp³-hybridized carbons (Fsp3) is 1.00. The van der Waals surface area contributed by atoms with Crippen LogP contribution >= 0.6 is 0 Å². The van der Waals surface area contributed by atoms with Crippen LogP contribution in [0.5, 0.6) is 0 Å². The first-order chi connectivity index (χ1) is 10.4. The van der Waals surface area contributed by atoms with Crippen molar-refractivity contribution in [3.05, 3.63) is 0 Å². The lowest BCUT2D eigenvalue weighted by atomic mass is 10.1. The maximum atomic E-state index is 3.61. The summed E-state index contributed by atoms with van der Waals surface area (Å²) in [5.41, 5.74) is 0. The Kier molecular flexibility index (Phi) is 25.4. The average molecular weight is 318 g/mol. The molecule has 0 aromatic carbocycles. The van der Waals surface area contributed by atoms with Gasteiger partial charge in [-0.3, -0.25) is 4.70 Å². The number of hydrogen-bond donors (Lipinski definition) is 1. The van der Waals surface area contributed by atoms with E-state index in [4.69, 9.17) is 0 Å². The van der Waals surface area contributed by atoms with Gasteiger partial charge in [-0.15, -0.1) is 0 Å². The topological polar surface area (TPSA) is 12.0 Å². The van der Waals surface area contributed by atoms with Crippen molar-refractivity contribution in [2.45, 2.75) is 117 Å². The summed E-state index contributed by atoms with van der Waals surface area (Å²) in [7, 11) is 0. The number of halogens is 1. The van der Waals surface area contributed by atoms with Gasteiger partial charge in [-0.1, -0.05) is 104 Å². The molecule has 0 radical (unpaired) electrons. The SMILES string of the molecule is CCCCCCCCCCNCCCCCCCCCC.F. The first kappa shape index (κ1) is 24.1. The summed E-state index contributed by atoms with van der Waals surface area (Å²) < 4.78 is 0. The summed E-state index contributed by atoms with van der Waals surface area (Å²) in [4.78, 5) is 0. The molecule has 0 heterocycles. The second-order valence-electron chi connectivity index (χ2n) is 6.70. The third-order valence-corrected chi connectivity index (χ3v) is 4.41. The standard InChI is InChI=1S/C20H43N.FH/c1-3-5-7-9-11-13-15-17-19-21-20-18-16-14-12-10-8-6-4-2;/h21H,3-20H2,1-2H3;1H. The molecular weight excluding hydrogens is 273 g/mol. The van der Waals surface area contributed by atoms with Crippen molar-refractivity contribution in [1.82, 2.24) is 5.32 Å². The van der Waals surface area contributed by atoms with Crippen LogP contribution in [0.1, 0.15) is 117 Å². The van der Waals surface area contributed by atoms with E-state index >= 15 is 0 Å². The van der Waals surface area contributed by atoms with Gasteiger partial charge in [-0.25, -0.2) is 0 Å². The lowest BCUT2D eigenvalue weighted by Crippen LogP contribution is -2.16. The van der Waals surface area contributed by atoms with E-state index in [2.05, 4.69) is 19.2 Å². The van der Waals surface area contributed by atoms with E-state index < -0.39 is 0 Å². The predicted octanol–water partition coefficient (Wildman–Crippen LogP) is 7.01. The van der Waals surface area contributed by atoms with Gasteiger partial charge >= 0.3 is 0 Å². The van der Waals surface area contributed by atoms with E-state index in [0.717, 1.165) is 0 Å². The lowest BCUT2D eigenvalue weighted by molar-refractivity contribution is 0.532. The van der Waals surface area contributed by atoms with Crippen LogP contribution in [0.4, 0.5) is 4.70 Å². The van der Waals surface area contributed by atoms with Crippen molar-refractivity contribution in [1.29, 1.82) is 0 Å². The molecular formula is C20H44FN. The van der Waals surface area contributed by atoms with Crippen molar-refractivity contribution >= 4 is 0 Å². The Morgan fingerprint density at radius 2 is 0.682 bits per heavy atom. The van der Waals surface area contributed by atoms with E-state index in [1.165, 1.54) is 116 Å². The van der Waals surface area contributed by atoms with Gasteiger partial charge in [-0.05, 0) is 25.9 Å². The molecule has 136 valence electrons. The molecule has 0 amide bonds. The summed E-state index contributed by atoms with van der Waals surface area (Å²) >= 11 is 0. The highest BCUT2D eigenvalue weighted by atomic mass is 19.0. The Morgan fingerprint density at radius 1 is 0.409 bits per heavy atom. The number of rotatable bonds is 18. The summed E-state index contributed by atoms with van der Waals surface area (Å²) in [6.07, 6.45) is 22.8. The van der Waals surface area contributed by atoms with Crippen molar-refractivity contribution in [2.75, 3.05) is 13.1 Å². The number of hydrogen-bond acceptors (Lipinski definition) is 1. The maximum absolute atomic E-state index is 3.61. The van der Waals surface area contributed by atoms with Gasteiger partial charge < -0.3 is 5.32 Å². The molecule has 2 heteroatoms. The van der Waals surface area contributed by atoms with Gasteiger partial charge in [0.15, 0.2) is 0 Å². The molecule has 0 aromatic heterocycles. The van der Waals surface area contributed by atoms with Crippen LogP contribution in [0.2, 0.25) is 0 Å².